The van der Waals surface area contributed by atoms with Crippen molar-refractivity contribution in [1.82, 2.24) is 5.32 Å². The predicted molar refractivity (Wildman–Crippen MR) is 71.6 cm³/mol. The molecular formula is C14H19NO2S. The quantitative estimate of drug-likeness (QED) is 0.845. The lowest BCUT2D eigenvalue weighted by Crippen LogP contribution is -2.17. The van der Waals surface area contributed by atoms with E-state index < -0.39 is 9.84 Å². The molecule has 0 amide bonds. The van der Waals surface area contributed by atoms with Crippen LogP contribution in [0.15, 0.2) is 17.0 Å². The van der Waals surface area contributed by atoms with Gasteiger partial charge in [-0.1, -0.05) is 6.07 Å². The number of benzene rings is 1. The van der Waals surface area contributed by atoms with Crippen LogP contribution in [0.3, 0.4) is 0 Å². The van der Waals surface area contributed by atoms with E-state index >= 15 is 0 Å². The number of aryl methyl sites for hydroxylation is 2. The van der Waals surface area contributed by atoms with Gasteiger partial charge in [0.05, 0.1) is 10.6 Å². The summed E-state index contributed by atoms with van der Waals surface area (Å²) in [6, 6.07) is 4.27. The van der Waals surface area contributed by atoms with Gasteiger partial charge in [-0.05, 0) is 61.9 Å². The molecule has 18 heavy (non-hydrogen) atoms. The van der Waals surface area contributed by atoms with Gasteiger partial charge in [0.15, 0.2) is 9.84 Å². The van der Waals surface area contributed by atoms with Crippen molar-refractivity contribution in [2.75, 3.05) is 12.8 Å². The first-order valence-corrected chi connectivity index (χ1v) is 8.33. The zero-order chi connectivity index (χ0) is 12.8. The van der Waals surface area contributed by atoms with E-state index in [0.29, 0.717) is 4.90 Å². The third-order valence-electron chi connectivity index (χ3n) is 4.19. The molecule has 1 atom stereocenters. The third kappa shape index (κ3) is 1.88. The summed E-state index contributed by atoms with van der Waals surface area (Å²) >= 11 is 0. The maximum absolute atomic E-state index is 12.3. The molecule has 1 unspecified atom stereocenters. The number of rotatable bonds is 1. The Morgan fingerprint density at radius 2 is 1.89 bits per heavy atom. The van der Waals surface area contributed by atoms with Gasteiger partial charge in [-0.25, -0.2) is 8.42 Å². The standard InChI is InChI=1S/C14H19NO2S/c1-15-13-6-3-7-18(16,17)14-9-11-5-2-4-10(11)8-12(13)14/h8-9,13,15H,2-7H2,1H3. The fourth-order valence-electron chi connectivity index (χ4n) is 3.20. The largest absolute Gasteiger partial charge is 0.313 e. The molecule has 1 N–H and O–H groups in total. The van der Waals surface area contributed by atoms with Crippen LogP contribution in [0.2, 0.25) is 0 Å². The van der Waals surface area contributed by atoms with Crippen molar-refractivity contribution in [1.29, 1.82) is 0 Å². The topological polar surface area (TPSA) is 46.2 Å². The number of hydrogen-bond acceptors (Lipinski definition) is 3. The first-order valence-electron chi connectivity index (χ1n) is 6.67. The van der Waals surface area contributed by atoms with E-state index in [1.165, 1.54) is 11.1 Å². The van der Waals surface area contributed by atoms with E-state index in [2.05, 4.69) is 11.4 Å². The van der Waals surface area contributed by atoms with Crippen molar-refractivity contribution in [3.8, 4) is 0 Å². The fraction of sp³-hybridized carbons (Fsp3) is 0.571. The van der Waals surface area contributed by atoms with Crippen molar-refractivity contribution in [2.24, 2.45) is 0 Å². The number of hydrogen-bond donors (Lipinski definition) is 1. The highest BCUT2D eigenvalue weighted by Gasteiger charge is 2.29. The fourth-order valence-corrected chi connectivity index (χ4v) is 4.85. The molecule has 0 bridgehead atoms. The third-order valence-corrected chi connectivity index (χ3v) is 6.04. The van der Waals surface area contributed by atoms with Gasteiger partial charge in [0.25, 0.3) is 0 Å². The monoisotopic (exact) mass is 265 g/mol. The first-order chi connectivity index (χ1) is 8.62. The second-order valence-electron chi connectivity index (χ2n) is 5.31. The van der Waals surface area contributed by atoms with Gasteiger partial charge in [0.1, 0.15) is 0 Å². The minimum Gasteiger partial charge on any atom is -0.313 e. The molecule has 1 aromatic carbocycles. The molecule has 0 saturated carbocycles. The van der Waals surface area contributed by atoms with Crippen molar-refractivity contribution in [3.63, 3.8) is 0 Å². The van der Waals surface area contributed by atoms with Crippen LogP contribution >= 0.6 is 0 Å². The summed E-state index contributed by atoms with van der Waals surface area (Å²) in [7, 11) is -1.17. The van der Waals surface area contributed by atoms with Crippen molar-refractivity contribution >= 4 is 9.84 Å². The molecule has 1 aliphatic heterocycles. The lowest BCUT2D eigenvalue weighted by molar-refractivity contribution is 0.540. The van der Waals surface area contributed by atoms with Crippen molar-refractivity contribution < 1.29 is 8.42 Å². The average molecular weight is 265 g/mol. The minimum atomic E-state index is -3.08. The molecule has 98 valence electrons. The summed E-state index contributed by atoms with van der Waals surface area (Å²) in [6.45, 7) is 0. The molecule has 3 nitrogen and oxygen atoms in total. The molecule has 1 aromatic rings. The average Bonchev–Trinajstić information content (AvgIpc) is 2.75. The Balaban J connectivity index is 2.23. The van der Waals surface area contributed by atoms with Gasteiger partial charge < -0.3 is 5.32 Å². The van der Waals surface area contributed by atoms with E-state index in [1.807, 2.05) is 13.1 Å². The molecule has 0 radical (unpaired) electrons. The zero-order valence-corrected chi connectivity index (χ0v) is 11.5. The Morgan fingerprint density at radius 3 is 2.61 bits per heavy atom. The highest BCUT2D eigenvalue weighted by atomic mass is 32.2. The molecule has 4 heteroatoms. The smallest absolute Gasteiger partial charge is 0.178 e. The number of fused-ring (bicyclic) bond motifs is 2. The summed E-state index contributed by atoms with van der Waals surface area (Å²) < 4.78 is 24.7. The molecule has 0 fully saturated rings. The van der Waals surface area contributed by atoms with Crippen LogP contribution in [-0.4, -0.2) is 21.2 Å². The van der Waals surface area contributed by atoms with Crippen LogP contribution in [-0.2, 0) is 22.7 Å². The highest BCUT2D eigenvalue weighted by molar-refractivity contribution is 7.91. The van der Waals surface area contributed by atoms with E-state index in [1.54, 1.807) is 0 Å². The molecule has 0 aromatic heterocycles. The molecule has 1 heterocycles. The van der Waals surface area contributed by atoms with Crippen LogP contribution in [0.1, 0.15) is 42.0 Å². The minimum absolute atomic E-state index is 0.183. The van der Waals surface area contributed by atoms with Crippen molar-refractivity contribution in [2.45, 2.75) is 43.0 Å². The summed E-state index contributed by atoms with van der Waals surface area (Å²) in [5.41, 5.74) is 3.59. The van der Waals surface area contributed by atoms with Gasteiger partial charge in [0, 0.05) is 6.04 Å². The maximum Gasteiger partial charge on any atom is 0.178 e. The Bertz CT molecular complexity index is 578. The highest BCUT2D eigenvalue weighted by Crippen LogP contribution is 2.35. The Hall–Kier alpha value is -0.870. The van der Waals surface area contributed by atoms with Crippen LogP contribution in [0.4, 0.5) is 0 Å². The van der Waals surface area contributed by atoms with Crippen LogP contribution in [0.5, 0.6) is 0 Å². The van der Waals surface area contributed by atoms with E-state index in [4.69, 9.17) is 0 Å². The number of nitrogens with one attached hydrogen (secondary N) is 1. The summed E-state index contributed by atoms with van der Waals surface area (Å²) in [5.74, 6) is 0.289. The van der Waals surface area contributed by atoms with E-state index in [-0.39, 0.29) is 11.8 Å². The molecular weight excluding hydrogens is 246 g/mol. The summed E-state index contributed by atoms with van der Waals surface area (Å²) in [6.07, 6.45) is 4.93. The lowest BCUT2D eigenvalue weighted by atomic mass is 9.98. The van der Waals surface area contributed by atoms with Gasteiger partial charge in [-0.3, -0.25) is 0 Å². The SMILES string of the molecule is CNC1CCCS(=O)(=O)c2cc3c(cc21)CCC3. The van der Waals surface area contributed by atoms with E-state index in [9.17, 15) is 8.42 Å². The molecule has 1 aliphatic carbocycles. The second kappa shape index (κ2) is 4.35. The molecule has 0 saturated heterocycles. The van der Waals surface area contributed by atoms with Gasteiger partial charge >= 0.3 is 0 Å². The maximum atomic E-state index is 12.3. The predicted octanol–water partition coefficient (Wildman–Crippen LogP) is 2.00. The van der Waals surface area contributed by atoms with Gasteiger partial charge in [-0.15, -0.1) is 0 Å². The molecule has 3 rings (SSSR count). The second-order valence-corrected chi connectivity index (χ2v) is 7.39. The Labute approximate surface area is 109 Å². The van der Waals surface area contributed by atoms with Gasteiger partial charge in [-0.2, -0.15) is 0 Å². The number of sulfone groups is 1. The van der Waals surface area contributed by atoms with Crippen LogP contribution < -0.4 is 5.32 Å². The van der Waals surface area contributed by atoms with Crippen LogP contribution in [0.25, 0.3) is 0 Å². The first kappa shape index (κ1) is 12.2. The zero-order valence-electron chi connectivity index (χ0n) is 10.7. The summed E-state index contributed by atoms with van der Waals surface area (Å²) in [5, 5.41) is 3.26. The molecule has 2 aliphatic rings. The Morgan fingerprint density at radius 1 is 1.17 bits per heavy atom. The van der Waals surface area contributed by atoms with E-state index in [0.717, 1.165) is 37.7 Å². The Kier molecular flexibility index (Phi) is 2.94. The normalized spacial score (nSPS) is 25.3. The molecule has 0 spiro atoms. The lowest BCUT2D eigenvalue weighted by Gasteiger charge is -2.17. The van der Waals surface area contributed by atoms with Crippen LogP contribution in [0, 0.1) is 0 Å². The van der Waals surface area contributed by atoms with Crippen molar-refractivity contribution in [3.05, 3.63) is 28.8 Å². The van der Waals surface area contributed by atoms with Gasteiger partial charge in [0.2, 0.25) is 0 Å². The summed E-state index contributed by atoms with van der Waals surface area (Å²) in [4.78, 5) is 0.583.